The van der Waals surface area contributed by atoms with Gasteiger partial charge in [-0.1, -0.05) is 6.07 Å². The lowest BCUT2D eigenvalue weighted by molar-refractivity contribution is 0.568. The summed E-state index contributed by atoms with van der Waals surface area (Å²) in [4.78, 5) is 3.98. The topological polar surface area (TPSA) is 85.1 Å². The minimum absolute atomic E-state index is 0.281. The van der Waals surface area contributed by atoms with Gasteiger partial charge in [0.2, 0.25) is 0 Å². The zero-order valence-electron chi connectivity index (χ0n) is 10.4. The fraction of sp³-hybridized carbons (Fsp3) is 0.250. The molecule has 1 atom stereocenters. The van der Waals surface area contributed by atoms with E-state index >= 15 is 0 Å². The van der Waals surface area contributed by atoms with Crippen LogP contribution in [0.15, 0.2) is 40.2 Å². The average molecular weight is 297 g/mol. The Balaban J connectivity index is 2.17. The van der Waals surface area contributed by atoms with E-state index in [0.29, 0.717) is 6.54 Å². The van der Waals surface area contributed by atoms with Crippen LogP contribution in [0.3, 0.4) is 0 Å². The van der Waals surface area contributed by atoms with Gasteiger partial charge in [0.25, 0.3) is 10.0 Å². The lowest BCUT2D eigenvalue weighted by atomic mass is 10.2. The lowest BCUT2D eigenvalue weighted by Gasteiger charge is -2.13. The van der Waals surface area contributed by atoms with Gasteiger partial charge in [0.15, 0.2) is 0 Å². The molecule has 2 heterocycles. The molecule has 5 nitrogen and oxygen atoms in total. The molecule has 0 aliphatic heterocycles. The summed E-state index contributed by atoms with van der Waals surface area (Å²) in [6.45, 7) is 2.12. The van der Waals surface area contributed by atoms with Gasteiger partial charge >= 0.3 is 0 Å². The summed E-state index contributed by atoms with van der Waals surface area (Å²) in [6.07, 6.45) is 3.30. The van der Waals surface area contributed by atoms with Gasteiger partial charge in [-0.05, 0) is 35.6 Å². The van der Waals surface area contributed by atoms with Crippen molar-refractivity contribution in [3.05, 3.63) is 47.1 Å². The van der Waals surface area contributed by atoms with E-state index in [-0.39, 0.29) is 10.3 Å². The van der Waals surface area contributed by atoms with Crippen LogP contribution < -0.4 is 10.5 Å². The quantitative estimate of drug-likeness (QED) is 0.878. The number of nitrogens with two attached hydrogens (primary N) is 1. The minimum atomic E-state index is -3.51. The Hall–Kier alpha value is -1.28. The highest BCUT2D eigenvalue weighted by Crippen LogP contribution is 2.22. The summed E-state index contributed by atoms with van der Waals surface area (Å²) in [6, 6.07) is 4.88. The fourth-order valence-corrected chi connectivity index (χ4v) is 4.06. The number of nitrogens with zero attached hydrogens (tertiary/aromatic N) is 1. The van der Waals surface area contributed by atoms with Crippen LogP contribution in [-0.2, 0) is 16.6 Å². The van der Waals surface area contributed by atoms with Crippen molar-refractivity contribution in [1.82, 2.24) is 9.71 Å². The van der Waals surface area contributed by atoms with E-state index in [9.17, 15) is 8.42 Å². The van der Waals surface area contributed by atoms with Crippen molar-refractivity contribution < 1.29 is 8.42 Å². The second-order valence-electron chi connectivity index (χ2n) is 4.11. The summed E-state index contributed by atoms with van der Waals surface area (Å²) in [5, 5.41) is 1.75. The van der Waals surface area contributed by atoms with Crippen LogP contribution in [0.5, 0.6) is 0 Å². The van der Waals surface area contributed by atoms with E-state index in [4.69, 9.17) is 5.73 Å². The molecule has 0 radical (unpaired) electrons. The molecule has 2 aromatic heterocycles. The number of thiophene rings is 1. The number of sulfonamides is 1. The van der Waals surface area contributed by atoms with Crippen LogP contribution in [0.1, 0.15) is 24.1 Å². The lowest BCUT2D eigenvalue weighted by Crippen LogP contribution is -2.26. The van der Waals surface area contributed by atoms with Crippen LogP contribution in [0.4, 0.5) is 0 Å². The van der Waals surface area contributed by atoms with E-state index < -0.39 is 10.0 Å². The normalized spacial score (nSPS) is 13.4. The Bertz CT molecular complexity index is 638. The number of nitrogens with one attached hydrogen (secondary N) is 1. The molecule has 0 aliphatic rings. The van der Waals surface area contributed by atoms with Crippen LogP contribution >= 0.6 is 11.3 Å². The molecule has 102 valence electrons. The van der Waals surface area contributed by atoms with E-state index in [2.05, 4.69) is 9.71 Å². The van der Waals surface area contributed by atoms with Crippen LogP contribution in [0.2, 0.25) is 0 Å². The van der Waals surface area contributed by atoms with Crippen molar-refractivity contribution >= 4 is 21.4 Å². The van der Waals surface area contributed by atoms with E-state index in [0.717, 1.165) is 11.1 Å². The van der Waals surface area contributed by atoms with E-state index in [1.807, 2.05) is 6.07 Å². The van der Waals surface area contributed by atoms with Crippen molar-refractivity contribution in [2.24, 2.45) is 5.73 Å². The van der Waals surface area contributed by atoms with Crippen LogP contribution in [0.25, 0.3) is 0 Å². The average Bonchev–Trinajstić information content (AvgIpc) is 2.89. The molecule has 2 rings (SSSR count). The molecule has 0 aromatic carbocycles. The van der Waals surface area contributed by atoms with Gasteiger partial charge in [-0.25, -0.2) is 13.1 Å². The molecule has 7 heteroatoms. The molecular formula is C12H15N3O2S2. The first-order valence-electron chi connectivity index (χ1n) is 5.72. The third-order valence-electron chi connectivity index (χ3n) is 2.65. The molecule has 3 N–H and O–H groups in total. The second kappa shape index (κ2) is 5.79. The first-order chi connectivity index (χ1) is 9.03. The fourth-order valence-electron chi connectivity index (χ4n) is 1.59. The maximum absolute atomic E-state index is 12.2. The molecule has 0 bridgehead atoms. The highest BCUT2D eigenvalue weighted by molar-refractivity contribution is 7.91. The number of pyridine rings is 1. The van der Waals surface area contributed by atoms with E-state index in [1.165, 1.54) is 11.3 Å². The molecule has 0 amide bonds. The third kappa shape index (κ3) is 3.38. The maximum atomic E-state index is 12.2. The SMILES string of the molecule is CC(NS(=O)(=O)c1cc(CN)cs1)c1cccnc1. The largest absolute Gasteiger partial charge is 0.326 e. The molecule has 0 saturated carbocycles. The Kier molecular flexibility index (Phi) is 4.31. The summed E-state index contributed by atoms with van der Waals surface area (Å²) < 4.78 is 27.3. The molecule has 0 aliphatic carbocycles. The Morgan fingerprint density at radius 3 is 2.89 bits per heavy atom. The molecular weight excluding hydrogens is 282 g/mol. The third-order valence-corrected chi connectivity index (χ3v) is 5.68. The number of hydrogen-bond donors (Lipinski definition) is 2. The van der Waals surface area contributed by atoms with Crippen molar-refractivity contribution in [3.8, 4) is 0 Å². The first-order valence-corrected chi connectivity index (χ1v) is 8.09. The molecule has 19 heavy (non-hydrogen) atoms. The Morgan fingerprint density at radius 2 is 2.32 bits per heavy atom. The molecule has 2 aromatic rings. The van der Waals surface area contributed by atoms with Gasteiger partial charge < -0.3 is 5.73 Å². The van der Waals surface area contributed by atoms with Gasteiger partial charge in [-0.15, -0.1) is 11.3 Å². The number of hydrogen-bond acceptors (Lipinski definition) is 5. The summed E-state index contributed by atoms with van der Waals surface area (Å²) >= 11 is 1.17. The minimum Gasteiger partial charge on any atom is -0.326 e. The predicted octanol–water partition coefficient (Wildman–Crippen LogP) is 1.64. The highest BCUT2D eigenvalue weighted by atomic mass is 32.2. The van der Waals surface area contributed by atoms with Crippen molar-refractivity contribution in [1.29, 1.82) is 0 Å². The summed E-state index contributed by atoms with van der Waals surface area (Å²) in [5.74, 6) is 0. The monoisotopic (exact) mass is 297 g/mol. The Labute approximate surface area is 116 Å². The smallest absolute Gasteiger partial charge is 0.250 e. The van der Waals surface area contributed by atoms with Gasteiger partial charge in [0.1, 0.15) is 4.21 Å². The van der Waals surface area contributed by atoms with Crippen molar-refractivity contribution in [3.63, 3.8) is 0 Å². The Morgan fingerprint density at radius 1 is 1.53 bits per heavy atom. The van der Waals surface area contributed by atoms with Crippen LogP contribution in [0, 0.1) is 0 Å². The standard InChI is InChI=1S/C12H15N3O2S2/c1-9(11-3-2-4-14-7-11)15-19(16,17)12-5-10(6-13)8-18-12/h2-5,7-9,15H,6,13H2,1H3. The first kappa shape index (κ1) is 14.1. The van der Waals surface area contributed by atoms with Crippen LogP contribution in [-0.4, -0.2) is 13.4 Å². The van der Waals surface area contributed by atoms with E-state index in [1.54, 1.807) is 36.8 Å². The summed E-state index contributed by atoms with van der Waals surface area (Å²) in [5.41, 5.74) is 7.12. The predicted molar refractivity (Wildman–Crippen MR) is 75.2 cm³/mol. The molecule has 0 saturated heterocycles. The number of aromatic nitrogens is 1. The van der Waals surface area contributed by atoms with Gasteiger partial charge in [0, 0.05) is 25.0 Å². The van der Waals surface area contributed by atoms with Crippen molar-refractivity contribution in [2.75, 3.05) is 0 Å². The maximum Gasteiger partial charge on any atom is 0.250 e. The molecule has 0 fully saturated rings. The van der Waals surface area contributed by atoms with Gasteiger partial charge in [-0.2, -0.15) is 0 Å². The zero-order chi connectivity index (χ0) is 13.9. The second-order valence-corrected chi connectivity index (χ2v) is 6.96. The zero-order valence-corrected chi connectivity index (χ0v) is 12.0. The highest BCUT2D eigenvalue weighted by Gasteiger charge is 2.20. The molecule has 1 unspecified atom stereocenters. The van der Waals surface area contributed by atoms with Crippen molar-refractivity contribution in [2.45, 2.75) is 23.7 Å². The van der Waals surface area contributed by atoms with Gasteiger partial charge in [0.05, 0.1) is 0 Å². The van der Waals surface area contributed by atoms with Gasteiger partial charge in [-0.3, -0.25) is 4.98 Å². The molecule has 0 spiro atoms. The summed E-state index contributed by atoms with van der Waals surface area (Å²) in [7, 11) is -3.51. The number of rotatable bonds is 5.